The molecule has 0 radical (unpaired) electrons. The fourth-order valence-corrected chi connectivity index (χ4v) is 8.48. The monoisotopic (exact) mass is 948 g/mol. The van der Waals surface area contributed by atoms with E-state index in [0.29, 0.717) is 6.42 Å². The lowest BCUT2D eigenvalue weighted by Crippen LogP contribution is -2.29. The minimum absolute atomic E-state index is 0.00189. The topological polar surface area (TPSA) is 134 Å². The maximum absolute atomic E-state index is 12.6. The Kier molecular flexibility index (Phi) is 50.3. The van der Waals surface area contributed by atoms with E-state index in [-0.39, 0.29) is 32.6 Å². The summed E-state index contributed by atoms with van der Waals surface area (Å²) in [4.78, 5) is 35.0. The van der Waals surface area contributed by atoms with Crippen molar-refractivity contribution in [1.29, 1.82) is 0 Å². The first-order valence-electron chi connectivity index (χ1n) is 27.3. The molecular weight excluding hydrogens is 846 g/mol. The van der Waals surface area contributed by atoms with Gasteiger partial charge in [-0.2, -0.15) is 0 Å². The van der Waals surface area contributed by atoms with Crippen LogP contribution in [0.4, 0.5) is 0 Å². The maximum Gasteiger partial charge on any atom is 0.472 e. The van der Waals surface area contributed by atoms with E-state index in [4.69, 9.17) is 24.3 Å². The highest BCUT2D eigenvalue weighted by Gasteiger charge is 2.25. The summed E-state index contributed by atoms with van der Waals surface area (Å²) in [7, 11) is -4.41. The van der Waals surface area contributed by atoms with E-state index >= 15 is 0 Å². The number of nitrogens with two attached hydrogens (primary N) is 1. The number of hydrogen-bond donors (Lipinski definition) is 2. The molecule has 0 fully saturated rings. The molecule has 0 saturated heterocycles. The highest BCUT2D eigenvalue weighted by molar-refractivity contribution is 7.47. The van der Waals surface area contributed by atoms with Crippen LogP contribution >= 0.6 is 7.82 Å². The molecular formula is C56H102NO8P. The zero-order valence-corrected chi connectivity index (χ0v) is 43.6. The summed E-state index contributed by atoms with van der Waals surface area (Å²) < 4.78 is 32.8. The van der Waals surface area contributed by atoms with Crippen LogP contribution in [0.15, 0.2) is 60.8 Å². The Labute approximate surface area is 406 Å². The third-order valence-electron chi connectivity index (χ3n) is 11.7. The molecule has 9 nitrogen and oxygen atoms in total. The molecule has 66 heavy (non-hydrogen) atoms. The predicted octanol–water partition coefficient (Wildman–Crippen LogP) is 16.8. The molecule has 0 bridgehead atoms. The molecule has 0 spiro atoms. The van der Waals surface area contributed by atoms with Crippen LogP contribution < -0.4 is 5.73 Å². The predicted molar refractivity (Wildman–Crippen MR) is 279 cm³/mol. The lowest BCUT2D eigenvalue weighted by atomic mass is 10.0. The van der Waals surface area contributed by atoms with E-state index in [1.54, 1.807) is 6.08 Å². The average molecular weight is 948 g/mol. The van der Waals surface area contributed by atoms with Crippen LogP contribution in [0.3, 0.4) is 0 Å². The second-order valence-corrected chi connectivity index (χ2v) is 19.5. The van der Waals surface area contributed by atoms with Gasteiger partial charge in [0.2, 0.25) is 0 Å². The first-order chi connectivity index (χ1) is 32.3. The van der Waals surface area contributed by atoms with E-state index in [2.05, 4.69) is 56.4 Å². The number of allylic oxidation sites excluding steroid dienone is 9. The number of rotatable bonds is 51. The Balaban J connectivity index is 3.93. The van der Waals surface area contributed by atoms with Crippen LogP contribution in [0.25, 0.3) is 0 Å². The molecule has 0 amide bonds. The lowest BCUT2D eigenvalue weighted by molar-refractivity contribution is -0.160. The normalized spacial score (nSPS) is 13.6. The molecule has 384 valence electrons. The Bertz CT molecular complexity index is 1260. The molecule has 0 aromatic carbocycles. The summed E-state index contributed by atoms with van der Waals surface area (Å²) in [5.41, 5.74) is 5.36. The lowest BCUT2D eigenvalue weighted by Gasteiger charge is -2.19. The summed E-state index contributed by atoms with van der Waals surface area (Å²) in [5, 5.41) is 0. The van der Waals surface area contributed by atoms with Gasteiger partial charge in [-0.05, 0) is 38.5 Å². The first-order valence-corrected chi connectivity index (χ1v) is 28.8. The molecule has 0 aromatic rings. The van der Waals surface area contributed by atoms with Crippen LogP contribution in [0.1, 0.15) is 251 Å². The van der Waals surface area contributed by atoms with Gasteiger partial charge in [0.05, 0.1) is 19.6 Å². The summed E-state index contributed by atoms with van der Waals surface area (Å²) >= 11 is 0. The molecule has 10 heteroatoms. The van der Waals surface area contributed by atoms with Crippen LogP contribution in [-0.2, 0) is 32.7 Å². The number of phosphoric acid groups is 1. The molecule has 0 aromatic heterocycles. The molecule has 2 atom stereocenters. The summed E-state index contributed by atoms with van der Waals surface area (Å²) in [5.74, 6) is -0.969. The first kappa shape index (κ1) is 63.7. The Hall–Kier alpha value is -2.29. The highest BCUT2D eigenvalue weighted by Crippen LogP contribution is 2.43. The van der Waals surface area contributed by atoms with Crippen molar-refractivity contribution in [1.82, 2.24) is 0 Å². The van der Waals surface area contributed by atoms with Crippen molar-refractivity contribution in [3.8, 4) is 0 Å². The molecule has 0 heterocycles. The SMILES string of the molecule is CC/C=C\C/C=C\C/C=C\C/C=C\C/C=C\CC(=O)OC(COC(=O)CCCCCCCCCCCCCCCCCCCCCCCCCCCCCCCC)COP(=O)(O)OCCN. The number of esters is 2. The van der Waals surface area contributed by atoms with E-state index in [1.165, 1.54) is 173 Å². The summed E-state index contributed by atoms with van der Waals surface area (Å²) in [6.07, 6.45) is 64.7. The summed E-state index contributed by atoms with van der Waals surface area (Å²) in [6.45, 7) is 3.54. The third kappa shape index (κ3) is 51.1. The molecule has 0 aliphatic carbocycles. The van der Waals surface area contributed by atoms with Gasteiger partial charge in [0.25, 0.3) is 0 Å². The second-order valence-electron chi connectivity index (χ2n) is 18.1. The number of unbranched alkanes of at least 4 members (excludes halogenated alkanes) is 29. The van der Waals surface area contributed by atoms with Crippen LogP contribution in [0.5, 0.6) is 0 Å². The van der Waals surface area contributed by atoms with Crippen LogP contribution in [0, 0.1) is 0 Å². The van der Waals surface area contributed by atoms with Gasteiger partial charge in [-0.3, -0.25) is 18.6 Å². The largest absolute Gasteiger partial charge is 0.472 e. The second kappa shape index (κ2) is 52.1. The zero-order chi connectivity index (χ0) is 48.1. The number of phosphoric ester groups is 1. The molecule has 3 N–H and O–H groups in total. The van der Waals surface area contributed by atoms with Crippen LogP contribution in [0.2, 0.25) is 0 Å². The van der Waals surface area contributed by atoms with Crippen molar-refractivity contribution in [3.05, 3.63) is 60.8 Å². The smallest absolute Gasteiger partial charge is 0.462 e. The summed E-state index contributed by atoms with van der Waals surface area (Å²) in [6, 6.07) is 0. The van der Waals surface area contributed by atoms with Gasteiger partial charge < -0.3 is 20.1 Å². The molecule has 0 saturated carbocycles. The zero-order valence-electron chi connectivity index (χ0n) is 42.7. The molecule has 0 aliphatic rings. The quantitative estimate of drug-likeness (QED) is 0.0264. The van der Waals surface area contributed by atoms with Crippen molar-refractivity contribution >= 4 is 19.8 Å². The fraction of sp³-hybridized carbons (Fsp3) is 0.786. The number of ether oxygens (including phenoxy) is 2. The van der Waals surface area contributed by atoms with Crippen molar-refractivity contribution < 1.29 is 37.6 Å². The van der Waals surface area contributed by atoms with Crippen molar-refractivity contribution in [2.24, 2.45) is 5.73 Å². The standard InChI is InChI=1S/C56H102NO8P/c1-3-5-7-9-11-13-15-17-19-20-21-22-23-24-25-26-27-28-29-30-31-32-33-35-36-38-40-42-44-46-48-55(58)62-52-54(53-64-66(60,61)63-51-50-57)65-56(59)49-47-45-43-41-39-37-34-18-16-14-12-10-8-6-4-2/h6,8,12,14,18,34,39,41,45,47,54H,3-5,7,9-11,13,15-17,19-33,35-38,40,42-44,46,48-53,57H2,1-2H3,(H,60,61)/b8-6-,14-12-,34-18-,41-39-,47-45-. The minimum atomic E-state index is -4.41. The van der Waals surface area contributed by atoms with Crippen molar-refractivity contribution in [2.75, 3.05) is 26.4 Å². The van der Waals surface area contributed by atoms with Crippen molar-refractivity contribution in [2.45, 2.75) is 258 Å². The Morgan fingerprint density at radius 1 is 0.470 bits per heavy atom. The fourth-order valence-electron chi connectivity index (χ4n) is 7.71. The van der Waals surface area contributed by atoms with Gasteiger partial charge in [0.1, 0.15) is 6.61 Å². The number of hydrogen-bond acceptors (Lipinski definition) is 8. The number of carbonyl (C=O) groups is 2. The Morgan fingerprint density at radius 2 is 0.818 bits per heavy atom. The van der Waals surface area contributed by atoms with Gasteiger partial charge in [0, 0.05) is 13.0 Å². The van der Waals surface area contributed by atoms with Gasteiger partial charge >= 0.3 is 19.8 Å². The molecule has 0 aliphatic heterocycles. The number of carbonyl (C=O) groups excluding carboxylic acids is 2. The molecule has 0 rings (SSSR count). The van der Waals surface area contributed by atoms with Gasteiger partial charge in [-0.15, -0.1) is 0 Å². The third-order valence-corrected chi connectivity index (χ3v) is 12.7. The van der Waals surface area contributed by atoms with Crippen molar-refractivity contribution in [3.63, 3.8) is 0 Å². The average Bonchev–Trinajstić information content (AvgIpc) is 3.31. The van der Waals surface area contributed by atoms with Gasteiger partial charge in [-0.25, -0.2) is 4.57 Å². The van der Waals surface area contributed by atoms with Crippen LogP contribution in [-0.4, -0.2) is 49.3 Å². The van der Waals surface area contributed by atoms with Gasteiger partial charge in [0.15, 0.2) is 6.10 Å². The molecule has 2 unspecified atom stereocenters. The van der Waals surface area contributed by atoms with E-state index < -0.39 is 32.5 Å². The van der Waals surface area contributed by atoms with E-state index in [0.717, 1.165) is 44.9 Å². The van der Waals surface area contributed by atoms with Gasteiger partial charge in [-0.1, -0.05) is 261 Å². The van der Waals surface area contributed by atoms with E-state index in [1.807, 2.05) is 12.2 Å². The van der Waals surface area contributed by atoms with E-state index in [9.17, 15) is 19.0 Å². The highest BCUT2D eigenvalue weighted by atomic mass is 31.2. The maximum atomic E-state index is 12.6. The Morgan fingerprint density at radius 3 is 1.18 bits per heavy atom. The minimum Gasteiger partial charge on any atom is -0.462 e.